The van der Waals surface area contributed by atoms with Gasteiger partial charge in [-0.05, 0) is 19.3 Å². The Kier molecular flexibility index (Phi) is 4.98. The van der Waals surface area contributed by atoms with E-state index in [1.807, 2.05) is 13.1 Å². The molecule has 0 aromatic carbocycles. The van der Waals surface area contributed by atoms with Gasteiger partial charge >= 0.3 is 0 Å². The van der Waals surface area contributed by atoms with Crippen molar-refractivity contribution in [2.24, 2.45) is 0 Å². The Balaban J connectivity index is 3.06. The Morgan fingerprint density at radius 2 is 2.33 bits per heavy atom. The van der Waals surface area contributed by atoms with Gasteiger partial charge in [0.15, 0.2) is 0 Å². The van der Waals surface area contributed by atoms with Crippen LogP contribution in [-0.4, -0.2) is 7.05 Å². The fourth-order valence-corrected chi connectivity index (χ4v) is 0.585. The Morgan fingerprint density at radius 1 is 1.67 bits per heavy atom. The van der Waals surface area contributed by atoms with Crippen LogP contribution in [0.1, 0.15) is 19.3 Å². The molecule has 0 radical (unpaired) electrons. The standard InChI is InChI=1S/C8H15N/c1-4-5-6-7-8(2)9-3/h4,9H,1-2,5-7H2,3H3. The molecule has 0 bridgehead atoms. The van der Waals surface area contributed by atoms with Crippen LogP contribution in [0.4, 0.5) is 0 Å². The highest BCUT2D eigenvalue weighted by atomic mass is 14.8. The van der Waals surface area contributed by atoms with Gasteiger partial charge in [-0.3, -0.25) is 0 Å². The van der Waals surface area contributed by atoms with E-state index in [1.165, 1.54) is 0 Å². The SMILES string of the molecule is C=CCCCC(=C)NC. The normalized spacial score (nSPS) is 8.56. The lowest BCUT2D eigenvalue weighted by Crippen LogP contribution is -2.03. The average Bonchev–Trinajstić information content (AvgIpc) is 1.89. The molecule has 52 valence electrons. The van der Waals surface area contributed by atoms with Crippen molar-refractivity contribution in [3.05, 3.63) is 24.9 Å². The molecular weight excluding hydrogens is 110 g/mol. The Labute approximate surface area is 57.5 Å². The van der Waals surface area contributed by atoms with Crippen molar-refractivity contribution in [3.63, 3.8) is 0 Å². The Morgan fingerprint density at radius 3 is 2.78 bits per heavy atom. The zero-order valence-corrected chi connectivity index (χ0v) is 6.11. The second-order valence-corrected chi connectivity index (χ2v) is 2.03. The number of nitrogens with one attached hydrogen (secondary N) is 1. The van der Waals surface area contributed by atoms with Gasteiger partial charge in [-0.1, -0.05) is 12.7 Å². The van der Waals surface area contributed by atoms with E-state index < -0.39 is 0 Å². The predicted octanol–water partition coefficient (Wildman–Crippen LogP) is 2.08. The Bertz CT molecular complexity index is 94.7. The molecule has 1 heteroatoms. The van der Waals surface area contributed by atoms with E-state index in [1.54, 1.807) is 0 Å². The second kappa shape index (κ2) is 5.42. The van der Waals surface area contributed by atoms with Gasteiger partial charge in [0.2, 0.25) is 0 Å². The van der Waals surface area contributed by atoms with E-state index in [0.717, 1.165) is 25.0 Å². The topological polar surface area (TPSA) is 12.0 Å². The summed E-state index contributed by atoms with van der Waals surface area (Å²) in [5, 5.41) is 3.00. The molecule has 0 rings (SSSR count). The van der Waals surface area contributed by atoms with E-state index in [0.29, 0.717) is 0 Å². The summed E-state index contributed by atoms with van der Waals surface area (Å²) in [5.74, 6) is 0. The van der Waals surface area contributed by atoms with E-state index in [9.17, 15) is 0 Å². The zero-order valence-electron chi connectivity index (χ0n) is 6.11. The zero-order chi connectivity index (χ0) is 7.11. The number of unbranched alkanes of at least 4 members (excludes halogenated alkanes) is 1. The minimum atomic E-state index is 1.06. The van der Waals surface area contributed by atoms with Gasteiger partial charge in [-0.2, -0.15) is 0 Å². The number of hydrogen-bond acceptors (Lipinski definition) is 1. The molecular formula is C8H15N. The highest BCUT2D eigenvalue weighted by Crippen LogP contribution is 2.00. The first kappa shape index (κ1) is 8.28. The van der Waals surface area contributed by atoms with Crippen LogP contribution >= 0.6 is 0 Å². The molecule has 0 spiro atoms. The van der Waals surface area contributed by atoms with Gasteiger partial charge in [-0.25, -0.2) is 0 Å². The van der Waals surface area contributed by atoms with Crippen LogP contribution in [0.3, 0.4) is 0 Å². The molecule has 0 saturated heterocycles. The maximum atomic E-state index is 3.80. The van der Waals surface area contributed by atoms with Crippen molar-refractivity contribution in [3.8, 4) is 0 Å². The number of allylic oxidation sites excluding steroid dienone is 2. The smallest absolute Gasteiger partial charge is 0.00311 e. The molecule has 0 aliphatic rings. The van der Waals surface area contributed by atoms with Crippen molar-refractivity contribution in [1.82, 2.24) is 5.32 Å². The van der Waals surface area contributed by atoms with Gasteiger partial charge in [0.1, 0.15) is 0 Å². The highest BCUT2D eigenvalue weighted by Gasteiger charge is 1.86. The van der Waals surface area contributed by atoms with Crippen LogP contribution in [-0.2, 0) is 0 Å². The molecule has 9 heavy (non-hydrogen) atoms. The first-order valence-corrected chi connectivity index (χ1v) is 3.27. The van der Waals surface area contributed by atoms with Crippen molar-refractivity contribution < 1.29 is 0 Å². The summed E-state index contributed by atoms with van der Waals surface area (Å²) in [7, 11) is 1.90. The molecule has 0 amide bonds. The van der Waals surface area contributed by atoms with Crippen molar-refractivity contribution in [2.45, 2.75) is 19.3 Å². The van der Waals surface area contributed by atoms with Crippen LogP contribution in [0.5, 0.6) is 0 Å². The summed E-state index contributed by atoms with van der Waals surface area (Å²) in [5.41, 5.74) is 1.11. The van der Waals surface area contributed by atoms with Gasteiger partial charge in [0.05, 0.1) is 0 Å². The fraction of sp³-hybridized carbons (Fsp3) is 0.500. The lowest BCUT2D eigenvalue weighted by atomic mass is 10.2. The van der Waals surface area contributed by atoms with Crippen molar-refractivity contribution in [2.75, 3.05) is 7.05 Å². The van der Waals surface area contributed by atoms with Crippen molar-refractivity contribution in [1.29, 1.82) is 0 Å². The lowest BCUT2D eigenvalue weighted by molar-refractivity contribution is 0.779. The first-order valence-electron chi connectivity index (χ1n) is 3.27. The quantitative estimate of drug-likeness (QED) is 0.438. The maximum absolute atomic E-state index is 3.80. The fourth-order valence-electron chi connectivity index (χ4n) is 0.585. The molecule has 0 saturated carbocycles. The van der Waals surface area contributed by atoms with Gasteiger partial charge in [0, 0.05) is 12.7 Å². The number of rotatable bonds is 5. The summed E-state index contributed by atoms with van der Waals surface area (Å²) >= 11 is 0. The molecule has 0 heterocycles. The maximum Gasteiger partial charge on any atom is 0.00311 e. The molecule has 1 nitrogen and oxygen atoms in total. The second-order valence-electron chi connectivity index (χ2n) is 2.03. The highest BCUT2D eigenvalue weighted by molar-refractivity contribution is 4.89. The molecule has 0 aromatic heterocycles. The van der Waals surface area contributed by atoms with E-state index >= 15 is 0 Å². The average molecular weight is 125 g/mol. The minimum absolute atomic E-state index is 1.06. The van der Waals surface area contributed by atoms with Gasteiger partial charge < -0.3 is 5.32 Å². The third-order valence-electron chi connectivity index (χ3n) is 1.24. The third kappa shape index (κ3) is 5.15. The summed E-state index contributed by atoms with van der Waals surface area (Å²) in [6, 6.07) is 0. The monoisotopic (exact) mass is 125 g/mol. The van der Waals surface area contributed by atoms with Crippen LogP contribution in [0.25, 0.3) is 0 Å². The number of hydrogen-bond donors (Lipinski definition) is 1. The lowest BCUT2D eigenvalue weighted by Gasteiger charge is -2.00. The van der Waals surface area contributed by atoms with E-state index in [-0.39, 0.29) is 0 Å². The molecule has 0 aliphatic carbocycles. The summed E-state index contributed by atoms with van der Waals surface area (Å²) in [6.07, 6.45) is 5.23. The first-order chi connectivity index (χ1) is 4.31. The third-order valence-corrected chi connectivity index (χ3v) is 1.24. The molecule has 0 aliphatic heterocycles. The van der Waals surface area contributed by atoms with Gasteiger partial charge in [-0.15, -0.1) is 6.58 Å². The van der Waals surface area contributed by atoms with Crippen LogP contribution in [0, 0.1) is 0 Å². The molecule has 0 aromatic rings. The largest absolute Gasteiger partial charge is 0.392 e. The summed E-state index contributed by atoms with van der Waals surface area (Å²) in [4.78, 5) is 0. The van der Waals surface area contributed by atoms with Crippen LogP contribution < -0.4 is 5.32 Å². The molecule has 0 fully saturated rings. The molecule has 0 unspecified atom stereocenters. The Hall–Kier alpha value is -0.720. The van der Waals surface area contributed by atoms with Gasteiger partial charge in [0.25, 0.3) is 0 Å². The van der Waals surface area contributed by atoms with Crippen molar-refractivity contribution >= 4 is 0 Å². The molecule has 0 atom stereocenters. The van der Waals surface area contributed by atoms with E-state index in [4.69, 9.17) is 0 Å². The van der Waals surface area contributed by atoms with E-state index in [2.05, 4.69) is 18.5 Å². The van der Waals surface area contributed by atoms with Crippen LogP contribution in [0.15, 0.2) is 24.9 Å². The predicted molar refractivity (Wildman–Crippen MR) is 42.2 cm³/mol. The van der Waals surface area contributed by atoms with Crippen LogP contribution in [0.2, 0.25) is 0 Å². The summed E-state index contributed by atoms with van der Waals surface area (Å²) < 4.78 is 0. The minimum Gasteiger partial charge on any atom is -0.392 e. The molecule has 1 N–H and O–H groups in total. The summed E-state index contributed by atoms with van der Waals surface area (Å²) in [6.45, 7) is 7.43.